The lowest BCUT2D eigenvalue weighted by atomic mass is 10.1. The van der Waals surface area contributed by atoms with Gasteiger partial charge in [0.15, 0.2) is 11.5 Å². The summed E-state index contributed by atoms with van der Waals surface area (Å²) in [6.07, 6.45) is 2.08. The van der Waals surface area contributed by atoms with E-state index in [1.807, 2.05) is 55.1 Å². The van der Waals surface area contributed by atoms with E-state index in [1.165, 1.54) is 0 Å². The lowest BCUT2D eigenvalue weighted by Gasteiger charge is -2.26. The van der Waals surface area contributed by atoms with Crippen LogP contribution in [0, 0.1) is 0 Å². The number of hydrogen-bond acceptors (Lipinski definition) is 4. The van der Waals surface area contributed by atoms with Crippen LogP contribution >= 0.6 is 0 Å². The van der Waals surface area contributed by atoms with Crippen molar-refractivity contribution in [3.63, 3.8) is 0 Å². The van der Waals surface area contributed by atoms with E-state index in [-0.39, 0.29) is 18.7 Å². The van der Waals surface area contributed by atoms with Gasteiger partial charge in [-0.05, 0) is 43.7 Å². The fourth-order valence-corrected chi connectivity index (χ4v) is 2.55. The van der Waals surface area contributed by atoms with E-state index in [0.29, 0.717) is 18.7 Å². The van der Waals surface area contributed by atoms with Gasteiger partial charge in [0.1, 0.15) is 0 Å². The maximum absolute atomic E-state index is 12.7. The largest absolute Gasteiger partial charge is 0.454 e. The highest BCUT2D eigenvalue weighted by Crippen LogP contribution is 2.32. The molecule has 2 heterocycles. The molecule has 0 fully saturated rings. The van der Waals surface area contributed by atoms with Crippen molar-refractivity contribution in [2.24, 2.45) is 0 Å². The van der Waals surface area contributed by atoms with E-state index in [0.717, 1.165) is 17.0 Å². The zero-order chi connectivity index (χ0) is 16.2. The molecular weight excluding hydrogens is 292 g/mol. The molecule has 0 unspecified atom stereocenters. The van der Waals surface area contributed by atoms with Gasteiger partial charge in [0, 0.05) is 12.2 Å². The number of amides is 1. The minimum absolute atomic E-state index is 0.0736. The summed E-state index contributed by atoms with van der Waals surface area (Å²) >= 11 is 0. The molecule has 120 valence electrons. The molecule has 0 saturated heterocycles. The van der Waals surface area contributed by atoms with Gasteiger partial charge in [0.25, 0.3) is 0 Å². The fraction of sp³-hybridized carbons (Fsp3) is 0.333. The highest BCUT2D eigenvalue weighted by molar-refractivity contribution is 5.79. The maximum Gasteiger partial charge on any atom is 0.231 e. The van der Waals surface area contributed by atoms with Crippen molar-refractivity contribution in [2.75, 3.05) is 6.79 Å². The number of nitrogens with zero attached hydrogens (tertiary/aromatic N) is 2. The second-order valence-corrected chi connectivity index (χ2v) is 5.80. The summed E-state index contributed by atoms with van der Waals surface area (Å²) in [5, 5.41) is 0. The lowest BCUT2D eigenvalue weighted by Crippen LogP contribution is -2.37. The topological polar surface area (TPSA) is 51.7 Å². The summed E-state index contributed by atoms with van der Waals surface area (Å²) in [6, 6.07) is 11.5. The molecule has 1 aliphatic heterocycles. The molecule has 0 bridgehead atoms. The van der Waals surface area contributed by atoms with Crippen molar-refractivity contribution in [3.8, 4) is 11.5 Å². The predicted molar refractivity (Wildman–Crippen MR) is 86.2 cm³/mol. The molecule has 1 amide bonds. The molecule has 0 atom stereocenters. The number of pyridine rings is 1. The molecule has 1 aliphatic rings. The van der Waals surface area contributed by atoms with E-state index in [9.17, 15) is 4.79 Å². The van der Waals surface area contributed by atoms with Gasteiger partial charge in [0.05, 0.1) is 18.7 Å². The third kappa shape index (κ3) is 3.62. The summed E-state index contributed by atoms with van der Waals surface area (Å²) in [5.74, 6) is 1.51. The van der Waals surface area contributed by atoms with Crippen LogP contribution < -0.4 is 9.47 Å². The Morgan fingerprint density at radius 1 is 1.22 bits per heavy atom. The fourth-order valence-electron chi connectivity index (χ4n) is 2.55. The first-order valence-electron chi connectivity index (χ1n) is 7.71. The normalized spacial score (nSPS) is 12.5. The van der Waals surface area contributed by atoms with E-state index >= 15 is 0 Å². The zero-order valence-electron chi connectivity index (χ0n) is 13.4. The lowest BCUT2D eigenvalue weighted by molar-refractivity contribution is -0.132. The molecule has 0 radical (unpaired) electrons. The van der Waals surface area contributed by atoms with Gasteiger partial charge >= 0.3 is 0 Å². The summed E-state index contributed by atoms with van der Waals surface area (Å²) in [7, 11) is 0. The quantitative estimate of drug-likeness (QED) is 0.852. The van der Waals surface area contributed by atoms with E-state index in [1.54, 1.807) is 6.20 Å². The van der Waals surface area contributed by atoms with Gasteiger partial charge in [-0.3, -0.25) is 9.78 Å². The third-order valence-electron chi connectivity index (χ3n) is 3.79. The van der Waals surface area contributed by atoms with Crippen LogP contribution in [-0.4, -0.2) is 28.6 Å². The number of benzene rings is 1. The predicted octanol–water partition coefficient (Wildman–Crippen LogP) is 2.79. The second kappa shape index (κ2) is 6.69. The minimum atomic E-state index is 0.0736. The number of hydrogen-bond donors (Lipinski definition) is 0. The molecule has 1 aromatic carbocycles. The smallest absolute Gasteiger partial charge is 0.231 e. The molecule has 5 heteroatoms. The molecule has 1 aromatic heterocycles. The highest BCUT2D eigenvalue weighted by Gasteiger charge is 2.20. The Labute approximate surface area is 135 Å². The minimum Gasteiger partial charge on any atom is -0.454 e. The number of aromatic nitrogens is 1. The molecule has 23 heavy (non-hydrogen) atoms. The Kier molecular flexibility index (Phi) is 4.46. The molecule has 2 aromatic rings. The van der Waals surface area contributed by atoms with E-state index in [4.69, 9.17) is 9.47 Å². The molecule has 5 nitrogen and oxygen atoms in total. The SMILES string of the molecule is CC(C)N(Cc1ccccn1)C(=O)Cc1ccc2c(c1)OCO2. The van der Waals surface area contributed by atoms with Crippen LogP contribution in [0.1, 0.15) is 25.1 Å². The van der Waals surface area contributed by atoms with Crippen LogP contribution in [0.4, 0.5) is 0 Å². The van der Waals surface area contributed by atoms with Crippen LogP contribution in [0.5, 0.6) is 11.5 Å². The monoisotopic (exact) mass is 312 g/mol. The first-order valence-corrected chi connectivity index (χ1v) is 7.71. The van der Waals surface area contributed by atoms with Crippen molar-refractivity contribution in [1.29, 1.82) is 0 Å². The second-order valence-electron chi connectivity index (χ2n) is 5.80. The first kappa shape index (κ1) is 15.3. The summed E-state index contributed by atoms with van der Waals surface area (Å²) in [4.78, 5) is 18.8. The van der Waals surface area contributed by atoms with Crippen molar-refractivity contribution in [2.45, 2.75) is 32.9 Å². The van der Waals surface area contributed by atoms with E-state index < -0.39 is 0 Å². The summed E-state index contributed by atoms with van der Waals surface area (Å²) in [5.41, 5.74) is 1.81. The molecular formula is C18H20N2O3. The van der Waals surface area contributed by atoms with Crippen molar-refractivity contribution in [3.05, 3.63) is 53.9 Å². The van der Waals surface area contributed by atoms with Gasteiger partial charge in [-0.1, -0.05) is 12.1 Å². The van der Waals surface area contributed by atoms with Crippen molar-refractivity contribution < 1.29 is 14.3 Å². The van der Waals surface area contributed by atoms with Gasteiger partial charge < -0.3 is 14.4 Å². The van der Waals surface area contributed by atoms with Crippen LogP contribution in [-0.2, 0) is 17.8 Å². The average molecular weight is 312 g/mol. The Hall–Kier alpha value is -2.56. The number of carbonyl (C=O) groups excluding carboxylic acids is 1. The number of rotatable bonds is 5. The summed E-state index contributed by atoms with van der Waals surface area (Å²) in [6.45, 7) is 4.79. The Balaban J connectivity index is 1.71. The molecule has 0 saturated carbocycles. The third-order valence-corrected chi connectivity index (χ3v) is 3.79. The Morgan fingerprint density at radius 3 is 2.78 bits per heavy atom. The van der Waals surface area contributed by atoms with Gasteiger partial charge in [-0.2, -0.15) is 0 Å². The van der Waals surface area contributed by atoms with Crippen LogP contribution in [0.25, 0.3) is 0 Å². The standard InChI is InChI=1S/C18H20N2O3/c1-13(2)20(11-15-5-3-4-8-19-15)18(21)10-14-6-7-16-17(9-14)23-12-22-16/h3-9,13H,10-12H2,1-2H3. The van der Waals surface area contributed by atoms with Crippen molar-refractivity contribution >= 4 is 5.91 Å². The Bertz CT molecular complexity index is 686. The van der Waals surface area contributed by atoms with Crippen molar-refractivity contribution in [1.82, 2.24) is 9.88 Å². The Morgan fingerprint density at radius 2 is 2.04 bits per heavy atom. The number of carbonyl (C=O) groups is 1. The molecule has 0 N–H and O–H groups in total. The van der Waals surface area contributed by atoms with Crippen LogP contribution in [0.3, 0.4) is 0 Å². The first-order chi connectivity index (χ1) is 11.1. The van der Waals surface area contributed by atoms with Gasteiger partial charge in [0.2, 0.25) is 12.7 Å². The average Bonchev–Trinajstić information content (AvgIpc) is 3.01. The maximum atomic E-state index is 12.7. The highest BCUT2D eigenvalue weighted by atomic mass is 16.7. The number of fused-ring (bicyclic) bond motifs is 1. The van der Waals surface area contributed by atoms with Crippen LogP contribution in [0.15, 0.2) is 42.6 Å². The molecule has 0 spiro atoms. The zero-order valence-corrected chi connectivity index (χ0v) is 13.4. The summed E-state index contributed by atoms with van der Waals surface area (Å²) < 4.78 is 10.7. The van der Waals surface area contributed by atoms with Gasteiger partial charge in [-0.25, -0.2) is 0 Å². The van der Waals surface area contributed by atoms with E-state index in [2.05, 4.69) is 4.98 Å². The van der Waals surface area contributed by atoms with Gasteiger partial charge in [-0.15, -0.1) is 0 Å². The molecule has 3 rings (SSSR count). The number of ether oxygens (including phenoxy) is 2. The molecule has 0 aliphatic carbocycles. The van der Waals surface area contributed by atoms with Crippen LogP contribution in [0.2, 0.25) is 0 Å².